The van der Waals surface area contributed by atoms with Gasteiger partial charge in [-0.3, -0.25) is 0 Å². The monoisotopic (exact) mass is 318 g/mol. The third-order valence-corrected chi connectivity index (χ3v) is 4.41. The molecule has 0 atom stereocenters. The third kappa shape index (κ3) is 3.54. The van der Waals surface area contributed by atoms with Crippen LogP contribution in [0.4, 0.5) is 0 Å². The predicted octanol–water partition coefficient (Wildman–Crippen LogP) is 3.23. The number of hydrogen-bond acceptors (Lipinski definition) is 4. The van der Waals surface area contributed by atoms with Gasteiger partial charge in [-0.15, -0.1) is 0 Å². The molecule has 0 radical (unpaired) electrons. The van der Waals surface area contributed by atoms with Crippen molar-refractivity contribution in [3.8, 4) is 5.75 Å². The predicted molar refractivity (Wildman–Crippen MR) is 85.2 cm³/mol. The van der Waals surface area contributed by atoms with Crippen LogP contribution >= 0.6 is 0 Å². The molecule has 22 heavy (non-hydrogen) atoms. The summed E-state index contributed by atoms with van der Waals surface area (Å²) in [6.07, 6.45) is 1.10. The van der Waals surface area contributed by atoms with Crippen LogP contribution in [0.2, 0.25) is 0 Å². The lowest BCUT2D eigenvalue weighted by Crippen LogP contribution is -2.11. The van der Waals surface area contributed by atoms with Crippen molar-refractivity contribution in [3.05, 3.63) is 58.7 Å². The van der Waals surface area contributed by atoms with Crippen LogP contribution in [-0.2, 0) is 9.84 Å². The van der Waals surface area contributed by atoms with Gasteiger partial charge in [-0.1, -0.05) is 23.8 Å². The van der Waals surface area contributed by atoms with Gasteiger partial charge in [0, 0.05) is 6.26 Å². The minimum absolute atomic E-state index is 0.0966. The summed E-state index contributed by atoms with van der Waals surface area (Å²) in [4.78, 5) is 12.4. The van der Waals surface area contributed by atoms with Crippen molar-refractivity contribution >= 4 is 15.8 Å². The molecule has 2 aromatic rings. The number of esters is 1. The molecule has 0 aromatic heterocycles. The fourth-order valence-electron chi connectivity index (χ4n) is 2.33. The van der Waals surface area contributed by atoms with E-state index in [0.717, 1.165) is 22.9 Å². The Kier molecular flexibility index (Phi) is 4.37. The van der Waals surface area contributed by atoms with Crippen molar-refractivity contribution in [3.63, 3.8) is 0 Å². The smallest absolute Gasteiger partial charge is 0.343 e. The van der Waals surface area contributed by atoms with Crippen molar-refractivity contribution in [2.45, 2.75) is 25.7 Å². The summed E-state index contributed by atoms with van der Waals surface area (Å²) in [5.41, 5.74) is 3.03. The molecule has 0 fully saturated rings. The van der Waals surface area contributed by atoms with E-state index in [-0.39, 0.29) is 10.5 Å². The zero-order chi connectivity index (χ0) is 16.5. The first kappa shape index (κ1) is 16.2. The van der Waals surface area contributed by atoms with E-state index >= 15 is 0 Å². The Balaban J connectivity index is 2.35. The fourth-order valence-corrected chi connectivity index (χ4v) is 3.00. The molecule has 0 unspecified atom stereocenters. The minimum atomic E-state index is -3.36. The summed E-state index contributed by atoms with van der Waals surface area (Å²) in [5, 5.41) is 0. The van der Waals surface area contributed by atoms with Gasteiger partial charge in [0.1, 0.15) is 5.75 Å². The van der Waals surface area contributed by atoms with Crippen LogP contribution in [-0.4, -0.2) is 20.6 Å². The Labute approximate surface area is 130 Å². The van der Waals surface area contributed by atoms with Gasteiger partial charge in [0.2, 0.25) is 0 Å². The molecular formula is C17H18O4S. The molecule has 2 aromatic carbocycles. The zero-order valence-electron chi connectivity index (χ0n) is 13.0. The van der Waals surface area contributed by atoms with E-state index in [2.05, 4.69) is 0 Å². The van der Waals surface area contributed by atoms with Gasteiger partial charge in [0.25, 0.3) is 0 Å². The number of hydrogen-bond donors (Lipinski definition) is 0. The van der Waals surface area contributed by atoms with Crippen LogP contribution in [0.5, 0.6) is 5.75 Å². The van der Waals surface area contributed by atoms with Crippen LogP contribution < -0.4 is 4.74 Å². The van der Waals surface area contributed by atoms with E-state index in [4.69, 9.17) is 4.74 Å². The topological polar surface area (TPSA) is 60.4 Å². The minimum Gasteiger partial charge on any atom is -0.422 e. The van der Waals surface area contributed by atoms with Crippen LogP contribution in [0.25, 0.3) is 0 Å². The van der Waals surface area contributed by atoms with Gasteiger partial charge >= 0.3 is 5.97 Å². The van der Waals surface area contributed by atoms with Crippen molar-refractivity contribution in [2.75, 3.05) is 6.26 Å². The summed E-state index contributed by atoms with van der Waals surface area (Å²) in [6, 6.07) is 9.72. The molecular weight excluding hydrogens is 300 g/mol. The highest BCUT2D eigenvalue weighted by Crippen LogP contribution is 2.25. The van der Waals surface area contributed by atoms with Crippen molar-refractivity contribution in [2.24, 2.45) is 0 Å². The fraction of sp³-hybridized carbons (Fsp3) is 0.235. The molecule has 2 rings (SSSR count). The molecule has 0 spiro atoms. The van der Waals surface area contributed by atoms with Crippen molar-refractivity contribution in [1.82, 2.24) is 0 Å². The lowest BCUT2D eigenvalue weighted by atomic mass is 10.1. The number of rotatable bonds is 3. The largest absolute Gasteiger partial charge is 0.422 e. The first-order chi connectivity index (χ1) is 10.2. The van der Waals surface area contributed by atoms with E-state index in [1.807, 2.05) is 32.9 Å². The molecule has 0 aliphatic rings. The van der Waals surface area contributed by atoms with Crippen molar-refractivity contribution in [1.29, 1.82) is 0 Å². The Bertz CT molecular complexity index is 812. The van der Waals surface area contributed by atoms with Gasteiger partial charge in [0.15, 0.2) is 9.84 Å². The Hall–Kier alpha value is -2.14. The Morgan fingerprint density at radius 3 is 2.14 bits per heavy atom. The molecule has 0 aliphatic carbocycles. The molecule has 0 saturated carbocycles. The molecule has 0 aliphatic heterocycles. The second-order valence-corrected chi connectivity index (χ2v) is 7.43. The standard InChI is InChI=1S/C17H18O4S/c1-11-8-12(2)16(13(3)9-11)21-17(18)14-6-5-7-15(10-14)22(4,19)20/h5-10H,1-4H3. The second kappa shape index (κ2) is 5.93. The summed E-state index contributed by atoms with van der Waals surface area (Å²) in [6.45, 7) is 5.71. The molecule has 0 heterocycles. The molecule has 5 heteroatoms. The van der Waals surface area contributed by atoms with E-state index < -0.39 is 15.8 Å². The van der Waals surface area contributed by atoms with E-state index in [9.17, 15) is 13.2 Å². The summed E-state index contributed by atoms with van der Waals surface area (Å²) in [5.74, 6) is -0.0547. The maximum absolute atomic E-state index is 12.3. The first-order valence-corrected chi connectivity index (χ1v) is 8.68. The number of benzene rings is 2. The van der Waals surface area contributed by atoms with Crippen LogP contribution in [0.1, 0.15) is 27.0 Å². The third-order valence-electron chi connectivity index (χ3n) is 3.30. The first-order valence-electron chi connectivity index (χ1n) is 6.78. The normalized spacial score (nSPS) is 11.3. The van der Waals surface area contributed by atoms with Gasteiger partial charge in [-0.05, 0) is 50.1 Å². The van der Waals surface area contributed by atoms with E-state index in [1.165, 1.54) is 24.3 Å². The maximum Gasteiger partial charge on any atom is 0.343 e. The SMILES string of the molecule is Cc1cc(C)c(OC(=O)c2cccc(S(C)(=O)=O)c2)c(C)c1. The highest BCUT2D eigenvalue weighted by Gasteiger charge is 2.15. The summed E-state index contributed by atoms with van der Waals surface area (Å²) in [7, 11) is -3.36. The number of ether oxygens (including phenoxy) is 1. The van der Waals surface area contributed by atoms with Gasteiger partial charge in [0.05, 0.1) is 10.5 Å². The van der Waals surface area contributed by atoms with Gasteiger partial charge < -0.3 is 4.74 Å². The lowest BCUT2D eigenvalue weighted by Gasteiger charge is -2.12. The average molecular weight is 318 g/mol. The highest BCUT2D eigenvalue weighted by atomic mass is 32.2. The number of aryl methyl sites for hydroxylation is 3. The average Bonchev–Trinajstić information content (AvgIpc) is 2.41. The number of carbonyl (C=O) groups excluding carboxylic acids is 1. The van der Waals surface area contributed by atoms with Gasteiger partial charge in [-0.2, -0.15) is 0 Å². The van der Waals surface area contributed by atoms with Crippen LogP contribution in [0.3, 0.4) is 0 Å². The zero-order valence-corrected chi connectivity index (χ0v) is 13.8. The van der Waals surface area contributed by atoms with Crippen LogP contribution in [0.15, 0.2) is 41.3 Å². The molecule has 0 bridgehead atoms. The summed E-state index contributed by atoms with van der Waals surface area (Å²) < 4.78 is 28.6. The highest BCUT2D eigenvalue weighted by molar-refractivity contribution is 7.90. The lowest BCUT2D eigenvalue weighted by molar-refractivity contribution is 0.0732. The molecule has 4 nitrogen and oxygen atoms in total. The van der Waals surface area contributed by atoms with Gasteiger partial charge in [-0.25, -0.2) is 13.2 Å². The maximum atomic E-state index is 12.3. The van der Waals surface area contributed by atoms with Crippen molar-refractivity contribution < 1.29 is 17.9 Å². The number of sulfone groups is 1. The second-order valence-electron chi connectivity index (χ2n) is 5.42. The molecule has 116 valence electrons. The Morgan fingerprint density at radius 1 is 1.00 bits per heavy atom. The van der Waals surface area contributed by atoms with E-state index in [0.29, 0.717) is 5.75 Å². The quantitative estimate of drug-likeness (QED) is 0.644. The molecule has 0 N–H and O–H groups in total. The summed E-state index contributed by atoms with van der Waals surface area (Å²) >= 11 is 0. The number of carbonyl (C=O) groups is 1. The Morgan fingerprint density at radius 2 is 1.59 bits per heavy atom. The van der Waals surface area contributed by atoms with E-state index in [1.54, 1.807) is 0 Å². The molecule has 0 saturated heterocycles. The van der Waals surface area contributed by atoms with Crippen LogP contribution in [0, 0.1) is 20.8 Å². The molecule has 0 amide bonds.